The highest BCUT2D eigenvalue weighted by Gasteiger charge is 2.03. The normalized spacial score (nSPS) is 12.3. The van der Waals surface area contributed by atoms with Gasteiger partial charge in [-0.05, 0) is 36.6 Å². The van der Waals surface area contributed by atoms with Gasteiger partial charge in [0.15, 0.2) is 0 Å². The van der Waals surface area contributed by atoms with Crippen LogP contribution in [-0.4, -0.2) is 6.04 Å². The minimum absolute atomic E-state index is 0.434. The Hall–Kier alpha value is -1.31. The van der Waals surface area contributed by atoms with Crippen molar-refractivity contribution in [1.82, 2.24) is 5.32 Å². The number of hydrogen-bond acceptors (Lipinski definition) is 1. The van der Waals surface area contributed by atoms with E-state index >= 15 is 0 Å². The fourth-order valence-corrected chi connectivity index (χ4v) is 2.19. The van der Waals surface area contributed by atoms with Gasteiger partial charge in [0.05, 0.1) is 0 Å². The van der Waals surface area contributed by atoms with Crippen LogP contribution in [0.25, 0.3) is 0 Å². The van der Waals surface area contributed by atoms with E-state index in [2.05, 4.69) is 42.6 Å². The lowest BCUT2D eigenvalue weighted by Gasteiger charge is -2.14. The Morgan fingerprint density at radius 1 is 1.00 bits per heavy atom. The maximum absolute atomic E-state index is 5.98. The SMILES string of the molecule is CC(Cc1cccc(Cl)c1)NCc1ccccc1. The van der Waals surface area contributed by atoms with Crippen LogP contribution in [0.2, 0.25) is 5.02 Å². The first kappa shape index (κ1) is 13.1. The van der Waals surface area contributed by atoms with E-state index in [1.807, 2.05) is 24.3 Å². The lowest BCUT2D eigenvalue weighted by atomic mass is 10.1. The van der Waals surface area contributed by atoms with Gasteiger partial charge < -0.3 is 5.32 Å². The topological polar surface area (TPSA) is 12.0 Å². The third-order valence-electron chi connectivity index (χ3n) is 2.93. The van der Waals surface area contributed by atoms with Gasteiger partial charge in [-0.25, -0.2) is 0 Å². The van der Waals surface area contributed by atoms with Gasteiger partial charge in [0, 0.05) is 17.6 Å². The summed E-state index contributed by atoms with van der Waals surface area (Å²) in [6.45, 7) is 3.10. The molecule has 18 heavy (non-hydrogen) atoms. The average molecular weight is 260 g/mol. The van der Waals surface area contributed by atoms with Crippen LogP contribution in [0.1, 0.15) is 18.1 Å². The molecule has 2 rings (SSSR count). The molecule has 0 radical (unpaired) electrons. The van der Waals surface area contributed by atoms with Crippen LogP contribution in [0.15, 0.2) is 54.6 Å². The molecule has 0 aliphatic carbocycles. The van der Waals surface area contributed by atoms with Crippen molar-refractivity contribution < 1.29 is 0 Å². The molecule has 0 heterocycles. The molecule has 0 aliphatic rings. The van der Waals surface area contributed by atoms with Crippen LogP contribution in [-0.2, 0) is 13.0 Å². The third-order valence-corrected chi connectivity index (χ3v) is 3.16. The third kappa shape index (κ3) is 4.17. The highest BCUT2D eigenvalue weighted by Crippen LogP contribution is 2.12. The number of hydrogen-bond donors (Lipinski definition) is 1. The molecule has 1 atom stereocenters. The Morgan fingerprint density at radius 3 is 2.44 bits per heavy atom. The minimum Gasteiger partial charge on any atom is -0.310 e. The second kappa shape index (κ2) is 6.58. The van der Waals surface area contributed by atoms with E-state index in [9.17, 15) is 0 Å². The molecule has 1 nitrogen and oxygen atoms in total. The summed E-state index contributed by atoms with van der Waals surface area (Å²) >= 11 is 5.98. The van der Waals surface area contributed by atoms with Gasteiger partial charge in [-0.2, -0.15) is 0 Å². The molecule has 1 N–H and O–H groups in total. The van der Waals surface area contributed by atoms with Crippen molar-refractivity contribution in [2.45, 2.75) is 25.9 Å². The molecule has 94 valence electrons. The van der Waals surface area contributed by atoms with Crippen molar-refractivity contribution in [3.63, 3.8) is 0 Å². The largest absolute Gasteiger partial charge is 0.310 e. The smallest absolute Gasteiger partial charge is 0.0408 e. The number of halogens is 1. The molecule has 0 aliphatic heterocycles. The standard InChI is InChI=1S/C16H18ClN/c1-13(10-15-8-5-9-16(17)11-15)18-12-14-6-3-2-4-7-14/h2-9,11,13,18H,10,12H2,1H3. The number of benzene rings is 2. The Kier molecular flexibility index (Phi) is 4.80. The van der Waals surface area contributed by atoms with Crippen molar-refractivity contribution in [2.24, 2.45) is 0 Å². The summed E-state index contributed by atoms with van der Waals surface area (Å²) in [5, 5.41) is 4.33. The van der Waals surface area contributed by atoms with E-state index in [1.165, 1.54) is 11.1 Å². The van der Waals surface area contributed by atoms with E-state index < -0.39 is 0 Å². The van der Waals surface area contributed by atoms with E-state index in [-0.39, 0.29) is 0 Å². The van der Waals surface area contributed by atoms with Gasteiger partial charge in [-0.1, -0.05) is 54.1 Å². The van der Waals surface area contributed by atoms with Gasteiger partial charge in [0.1, 0.15) is 0 Å². The molecule has 2 aromatic carbocycles. The molecule has 1 unspecified atom stereocenters. The quantitative estimate of drug-likeness (QED) is 0.854. The minimum atomic E-state index is 0.434. The monoisotopic (exact) mass is 259 g/mol. The predicted molar refractivity (Wildman–Crippen MR) is 77.9 cm³/mol. The molecule has 0 bridgehead atoms. The summed E-state index contributed by atoms with van der Waals surface area (Å²) in [6.07, 6.45) is 0.993. The molecular formula is C16H18ClN. The second-order valence-electron chi connectivity index (χ2n) is 4.60. The van der Waals surface area contributed by atoms with Gasteiger partial charge in [0.25, 0.3) is 0 Å². The van der Waals surface area contributed by atoms with Crippen molar-refractivity contribution in [2.75, 3.05) is 0 Å². The first-order valence-electron chi connectivity index (χ1n) is 6.26. The van der Waals surface area contributed by atoms with Crippen LogP contribution in [0.3, 0.4) is 0 Å². The molecular weight excluding hydrogens is 242 g/mol. The van der Waals surface area contributed by atoms with Crippen LogP contribution < -0.4 is 5.32 Å². The molecule has 0 saturated heterocycles. The van der Waals surface area contributed by atoms with Crippen LogP contribution in [0.4, 0.5) is 0 Å². The molecule has 2 aromatic rings. The molecule has 0 fully saturated rings. The first-order chi connectivity index (χ1) is 8.74. The van der Waals surface area contributed by atoms with E-state index in [4.69, 9.17) is 11.6 Å². The fraction of sp³-hybridized carbons (Fsp3) is 0.250. The van der Waals surface area contributed by atoms with Crippen molar-refractivity contribution in [3.05, 3.63) is 70.7 Å². The van der Waals surface area contributed by atoms with Gasteiger partial charge in [-0.15, -0.1) is 0 Å². The molecule has 0 amide bonds. The Labute approximate surface area is 114 Å². The number of rotatable bonds is 5. The highest BCUT2D eigenvalue weighted by atomic mass is 35.5. The average Bonchev–Trinajstić information content (AvgIpc) is 2.38. The first-order valence-corrected chi connectivity index (χ1v) is 6.63. The molecule has 0 saturated carbocycles. The van der Waals surface area contributed by atoms with Crippen LogP contribution in [0, 0.1) is 0 Å². The van der Waals surface area contributed by atoms with Crippen molar-refractivity contribution in [3.8, 4) is 0 Å². The summed E-state index contributed by atoms with van der Waals surface area (Å²) in [6, 6.07) is 18.9. The number of nitrogens with one attached hydrogen (secondary N) is 1. The van der Waals surface area contributed by atoms with E-state index in [0.717, 1.165) is 18.0 Å². The summed E-state index contributed by atoms with van der Waals surface area (Å²) in [4.78, 5) is 0. The van der Waals surface area contributed by atoms with Crippen molar-refractivity contribution >= 4 is 11.6 Å². The van der Waals surface area contributed by atoms with E-state index in [1.54, 1.807) is 0 Å². The lowest BCUT2D eigenvalue weighted by molar-refractivity contribution is 0.545. The maximum Gasteiger partial charge on any atom is 0.0408 e. The zero-order valence-electron chi connectivity index (χ0n) is 10.6. The van der Waals surface area contributed by atoms with Gasteiger partial charge in [0.2, 0.25) is 0 Å². The van der Waals surface area contributed by atoms with Crippen LogP contribution in [0.5, 0.6) is 0 Å². The zero-order chi connectivity index (χ0) is 12.8. The second-order valence-corrected chi connectivity index (χ2v) is 5.04. The summed E-state index contributed by atoms with van der Waals surface area (Å²) in [5.74, 6) is 0. The predicted octanol–water partition coefficient (Wildman–Crippen LogP) is 4.06. The Morgan fingerprint density at radius 2 is 1.72 bits per heavy atom. The fourth-order valence-electron chi connectivity index (χ4n) is 1.98. The van der Waals surface area contributed by atoms with Gasteiger partial charge >= 0.3 is 0 Å². The molecule has 0 spiro atoms. The maximum atomic E-state index is 5.98. The lowest BCUT2D eigenvalue weighted by Crippen LogP contribution is -2.27. The van der Waals surface area contributed by atoms with E-state index in [0.29, 0.717) is 6.04 Å². The van der Waals surface area contributed by atoms with Crippen LogP contribution >= 0.6 is 11.6 Å². The summed E-state index contributed by atoms with van der Waals surface area (Å²) in [7, 11) is 0. The van der Waals surface area contributed by atoms with Gasteiger partial charge in [-0.3, -0.25) is 0 Å². The molecule has 0 aromatic heterocycles. The summed E-state index contributed by atoms with van der Waals surface area (Å²) < 4.78 is 0. The Bertz CT molecular complexity index is 481. The Balaban J connectivity index is 1.84. The highest BCUT2D eigenvalue weighted by molar-refractivity contribution is 6.30. The summed E-state index contributed by atoms with van der Waals surface area (Å²) in [5.41, 5.74) is 2.59. The molecule has 2 heteroatoms. The zero-order valence-corrected chi connectivity index (χ0v) is 11.3. The van der Waals surface area contributed by atoms with Crippen molar-refractivity contribution in [1.29, 1.82) is 0 Å².